The van der Waals surface area contributed by atoms with Crippen molar-refractivity contribution >= 4 is 5.69 Å². The lowest BCUT2D eigenvalue weighted by atomic mass is 10.1. The largest absolute Gasteiger partial charge is 0.308 e. The predicted molar refractivity (Wildman–Crippen MR) is 81.0 cm³/mol. The Morgan fingerprint density at radius 1 is 1.38 bits per heavy atom. The van der Waals surface area contributed by atoms with Crippen molar-refractivity contribution in [3.8, 4) is 0 Å². The molecule has 0 bridgehead atoms. The third kappa shape index (κ3) is 3.66. The zero-order chi connectivity index (χ0) is 15.4. The molecule has 0 unspecified atom stereocenters. The number of aromatic nitrogens is 2. The van der Waals surface area contributed by atoms with Crippen LogP contribution in [-0.4, -0.2) is 14.7 Å². The lowest BCUT2D eigenvalue weighted by Crippen LogP contribution is -2.13. The molecule has 1 heterocycles. The Labute approximate surface area is 123 Å². The Bertz CT molecular complexity index is 649. The van der Waals surface area contributed by atoms with Crippen LogP contribution in [0.15, 0.2) is 24.4 Å². The average molecular weight is 288 g/mol. The van der Waals surface area contributed by atoms with Crippen LogP contribution in [0.1, 0.15) is 29.3 Å². The van der Waals surface area contributed by atoms with Crippen LogP contribution < -0.4 is 5.32 Å². The van der Waals surface area contributed by atoms with Crippen LogP contribution in [0.5, 0.6) is 0 Å². The van der Waals surface area contributed by atoms with E-state index in [1.807, 2.05) is 24.0 Å². The summed E-state index contributed by atoms with van der Waals surface area (Å²) in [6, 6.07) is 5.34. The minimum Gasteiger partial charge on any atom is -0.308 e. The average Bonchev–Trinajstić information content (AvgIpc) is 2.80. The molecule has 0 radical (unpaired) electrons. The number of nitrogens with one attached hydrogen (secondary N) is 1. The summed E-state index contributed by atoms with van der Waals surface area (Å²) in [6.45, 7) is 5.13. The first-order chi connectivity index (χ1) is 10.0. The van der Waals surface area contributed by atoms with Gasteiger partial charge < -0.3 is 5.32 Å². The van der Waals surface area contributed by atoms with E-state index in [9.17, 15) is 10.1 Å². The van der Waals surface area contributed by atoms with Gasteiger partial charge in [0.25, 0.3) is 5.69 Å². The molecule has 1 aromatic carbocycles. The summed E-state index contributed by atoms with van der Waals surface area (Å²) in [7, 11) is 1.91. The first-order valence-corrected chi connectivity index (χ1v) is 6.97. The van der Waals surface area contributed by atoms with Crippen molar-refractivity contribution in [2.24, 2.45) is 7.05 Å². The predicted octanol–water partition coefficient (Wildman–Crippen LogP) is 2.49. The van der Waals surface area contributed by atoms with Gasteiger partial charge in [0.05, 0.1) is 10.6 Å². The van der Waals surface area contributed by atoms with Gasteiger partial charge in [-0.2, -0.15) is 5.10 Å². The Hall–Kier alpha value is -2.21. The maximum Gasteiger partial charge on any atom is 0.272 e. The maximum absolute atomic E-state index is 10.9. The quantitative estimate of drug-likeness (QED) is 0.654. The Morgan fingerprint density at radius 3 is 2.81 bits per heavy atom. The zero-order valence-electron chi connectivity index (χ0n) is 12.6. The van der Waals surface area contributed by atoms with E-state index in [0.717, 1.165) is 17.7 Å². The van der Waals surface area contributed by atoms with Crippen LogP contribution in [0.4, 0.5) is 5.69 Å². The fourth-order valence-corrected chi connectivity index (χ4v) is 2.33. The van der Waals surface area contributed by atoms with Gasteiger partial charge >= 0.3 is 0 Å². The zero-order valence-corrected chi connectivity index (χ0v) is 12.6. The van der Waals surface area contributed by atoms with Gasteiger partial charge in [0.2, 0.25) is 0 Å². The molecular formula is C15H20N4O2. The van der Waals surface area contributed by atoms with E-state index in [1.165, 1.54) is 5.56 Å². The van der Waals surface area contributed by atoms with E-state index in [0.29, 0.717) is 18.7 Å². The second-order valence-corrected chi connectivity index (χ2v) is 5.11. The van der Waals surface area contributed by atoms with E-state index in [1.54, 1.807) is 19.1 Å². The molecule has 0 saturated carbocycles. The standard InChI is InChI=1S/C15H20N4O2/c1-4-14-13(10-18(3)17-14)9-16-8-12-6-5-11(2)15(7-12)19(20)21/h5-7,10,16H,4,8-9H2,1-3H3. The lowest BCUT2D eigenvalue weighted by Gasteiger charge is -2.06. The minimum absolute atomic E-state index is 0.171. The number of nitrogens with zero attached hydrogens (tertiary/aromatic N) is 3. The number of rotatable bonds is 6. The van der Waals surface area contributed by atoms with E-state index in [2.05, 4.69) is 17.3 Å². The van der Waals surface area contributed by atoms with Crippen molar-refractivity contribution in [1.82, 2.24) is 15.1 Å². The van der Waals surface area contributed by atoms with Crippen LogP contribution in [-0.2, 0) is 26.6 Å². The molecule has 6 nitrogen and oxygen atoms in total. The van der Waals surface area contributed by atoms with Crippen molar-refractivity contribution in [3.05, 3.63) is 56.9 Å². The molecular weight excluding hydrogens is 268 g/mol. The van der Waals surface area contributed by atoms with Gasteiger partial charge in [-0.25, -0.2) is 0 Å². The minimum atomic E-state index is -0.338. The summed E-state index contributed by atoms with van der Waals surface area (Å²) in [5.41, 5.74) is 4.02. The Kier molecular flexibility index (Phi) is 4.70. The van der Waals surface area contributed by atoms with Crippen molar-refractivity contribution in [2.75, 3.05) is 0 Å². The first-order valence-electron chi connectivity index (χ1n) is 6.97. The molecule has 0 aliphatic rings. The summed E-state index contributed by atoms with van der Waals surface area (Å²) < 4.78 is 1.81. The normalized spacial score (nSPS) is 10.8. The van der Waals surface area contributed by atoms with Gasteiger partial charge in [-0.05, 0) is 18.9 Å². The fraction of sp³-hybridized carbons (Fsp3) is 0.400. The maximum atomic E-state index is 10.9. The lowest BCUT2D eigenvalue weighted by molar-refractivity contribution is -0.385. The van der Waals surface area contributed by atoms with Gasteiger partial charge in [0.15, 0.2) is 0 Å². The van der Waals surface area contributed by atoms with Crippen LogP contribution in [0.25, 0.3) is 0 Å². The van der Waals surface area contributed by atoms with Crippen LogP contribution in [0.3, 0.4) is 0 Å². The van der Waals surface area contributed by atoms with Gasteiger partial charge in [0.1, 0.15) is 0 Å². The number of hydrogen-bond donors (Lipinski definition) is 1. The van der Waals surface area contributed by atoms with Crippen molar-refractivity contribution < 1.29 is 4.92 Å². The highest BCUT2D eigenvalue weighted by molar-refractivity contribution is 5.42. The SMILES string of the molecule is CCc1nn(C)cc1CNCc1ccc(C)c([N+](=O)[O-])c1. The molecule has 21 heavy (non-hydrogen) atoms. The number of aryl methyl sites for hydroxylation is 3. The number of nitro groups is 1. The summed E-state index contributed by atoms with van der Waals surface area (Å²) >= 11 is 0. The third-order valence-corrected chi connectivity index (χ3v) is 3.44. The molecule has 0 aliphatic carbocycles. The van der Waals surface area contributed by atoms with Gasteiger partial charge in [-0.3, -0.25) is 14.8 Å². The summed E-state index contributed by atoms with van der Waals surface area (Å²) in [4.78, 5) is 10.6. The smallest absolute Gasteiger partial charge is 0.272 e. The number of benzene rings is 1. The molecule has 2 rings (SSSR count). The van der Waals surface area contributed by atoms with E-state index in [4.69, 9.17) is 0 Å². The monoisotopic (exact) mass is 288 g/mol. The highest BCUT2D eigenvalue weighted by Gasteiger charge is 2.11. The van der Waals surface area contributed by atoms with Crippen LogP contribution in [0, 0.1) is 17.0 Å². The molecule has 0 aliphatic heterocycles. The van der Waals surface area contributed by atoms with Gasteiger partial charge in [-0.1, -0.05) is 19.1 Å². The Morgan fingerprint density at radius 2 is 2.14 bits per heavy atom. The summed E-state index contributed by atoms with van der Waals surface area (Å²) in [6.07, 6.45) is 2.90. The van der Waals surface area contributed by atoms with E-state index >= 15 is 0 Å². The first kappa shape index (κ1) is 15.2. The van der Waals surface area contributed by atoms with Crippen molar-refractivity contribution in [3.63, 3.8) is 0 Å². The van der Waals surface area contributed by atoms with E-state index < -0.39 is 0 Å². The van der Waals surface area contributed by atoms with Crippen LogP contribution >= 0.6 is 0 Å². The summed E-state index contributed by atoms with van der Waals surface area (Å²) in [5.74, 6) is 0. The molecule has 0 atom stereocenters. The second-order valence-electron chi connectivity index (χ2n) is 5.11. The molecule has 0 fully saturated rings. The van der Waals surface area contributed by atoms with Crippen molar-refractivity contribution in [2.45, 2.75) is 33.4 Å². The molecule has 2 aromatic rings. The highest BCUT2D eigenvalue weighted by atomic mass is 16.6. The van der Waals surface area contributed by atoms with Gasteiger partial charge in [0, 0.05) is 43.5 Å². The molecule has 1 N–H and O–H groups in total. The molecule has 0 amide bonds. The van der Waals surface area contributed by atoms with Crippen molar-refractivity contribution in [1.29, 1.82) is 0 Å². The number of hydrogen-bond acceptors (Lipinski definition) is 4. The van der Waals surface area contributed by atoms with Gasteiger partial charge in [-0.15, -0.1) is 0 Å². The molecule has 1 aromatic heterocycles. The Balaban J connectivity index is 2.00. The van der Waals surface area contributed by atoms with Crippen LogP contribution in [0.2, 0.25) is 0 Å². The molecule has 6 heteroatoms. The highest BCUT2D eigenvalue weighted by Crippen LogP contribution is 2.19. The molecule has 112 valence electrons. The third-order valence-electron chi connectivity index (χ3n) is 3.44. The molecule has 0 saturated heterocycles. The topological polar surface area (TPSA) is 73.0 Å². The van der Waals surface area contributed by atoms with E-state index in [-0.39, 0.29) is 10.6 Å². The summed E-state index contributed by atoms with van der Waals surface area (Å²) in [5, 5.41) is 18.6. The fourth-order valence-electron chi connectivity index (χ4n) is 2.33. The second kappa shape index (κ2) is 6.49. The number of nitro benzene ring substituents is 1. The molecule has 0 spiro atoms.